The summed E-state index contributed by atoms with van der Waals surface area (Å²) in [5.74, 6) is 2.58. The molecule has 19 heavy (non-hydrogen) atoms. The molecule has 0 amide bonds. The minimum atomic E-state index is -3.47. The Balaban J connectivity index is 2.10. The second-order valence-electron chi connectivity index (χ2n) is 4.83. The Hall–Kier alpha value is -0.560. The van der Waals surface area contributed by atoms with Crippen molar-refractivity contribution < 1.29 is 13.5 Å². The summed E-state index contributed by atoms with van der Waals surface area (Å²) < 4.78 is 27.0. The zero-order valence-electron chi connectivity index (χ0n) is 10.9. The number of hydrogen-bond donors (Lipinski definition) is 2. The third-order valence-corrected chi connectivity index (χ3v) is 6.04. The van der Waals surface area contributed by atoms with E-state index in [0.717, 1.165) is 23.5 Å². The maximum absolute atomic E-state index is 12.2. The highest BCUT2D eigenvalue weighted by Crippen LogP contribution is 2.23. The van der Waals surface area contributed by atoms with Crippen molar-refractivity contribution in [2.24, 2.45) is 5.92 Å². The van der Waals surface area contributed by atoms with Crippen molar-refractivity contribution in [3.8, 4) is 0 Å². The molecule has 4 nitrogen and oxygen atoms in total. The molecule has 2 rings (SSSR count). The molecule has 0 radical (unpaired) electrons. The van der Waals surface area contributed by atoms with Gasteiger partial charge in [-0.1, -0.05) is 6.07 Å². The lowest BCUT2D eigenvalue weighted by Crippen LogP contribution is -2.29. The van der Waals surface area contributed by atoms with Crippen LogP contribution in [0.1, 0.15) is 17.5 Å². The normalized spacial score (nSPS) is 19.8. The molecule has 1 aliphatic rings. The van der Waals surface area contributed by atoms with Crippen molar-refractivity contribution >= 4 is 21.8 Å². The smallest absolute Gasteiger partial charge is 0.240 e. The lowest BCUT2D eigenvalue weighted by Gasteiger charge is -2.12. The summed E-state index contributed by atoms with van der Waals surface area (Å²) in [5.41, 5.74) is 1.55. The summed E-state index contributed by atoms with van der Waals surface area (Å²) in [6.07, 6.45) is 1.07. The quantitative estimate of drug-likeness (QED) is 0.865. The van der Waals surface area contributed by atoms with Crippen LogP contribution in [0.25, 0.3) is 0 Å². The molecule has 106 valence electrons. The standard InChI is InChI=1S/C13H19NO3S2/c1-10-2-3-13(6-12(10)8-15)19(16,17)14-7-11-4-5-18-9-11/h2-3,6,11,14-15H,4-5,7-9H2,1H3. The molecule has 0 aliphatic carbocycles. The topological polar surface area (TPSA) is 66.4 Å². The maximum atomic E-state index is 12.2. The molecule has 1 heterocycles. The van der Waals surface area contributed by atoms with Gasteiger partial charge in [0.25, 0.3) is 0 Å². The predicted octanol–water partition coefficient (Wildman–Crippen LogP) is 1.52. The van der Waals surface area contributed by atoms with Crippen molar-refractivity contribution in [2.45, 2.75) is 24.8 Å². The van der Waals surface area contributed by atoms with Crippen molar-refractivity contribution in [1.29, 1.82) is 0 Å². The lowest BCUT2D eigenvalue weighted by molar-refractivity contribution is 0.280. The van der Waals surface area contributed by atoms with E-state index in [1.807, 2.05) is 18.7 Å². The number of rotatable bonds is 5. The van der Waals surface area contributed by atoms with Gasteiger partial charge < -0.3 is 5.11 Å². The SMILES string of the molecule is Cc1ccc(S(=O)(=O)NCC2CCSC2)cc1CO. The number of sulfonamides is 1. The Labute approximate surface area is 118 Å². The summed E-state index contributed by atoms with van der Waals surface area (Å²) in [6, 6.07) is 4.85. The van der Waals surface area contributed by atoms with Gasteiger partial charge in [-0.3, -0.25) is 0 Å². The van der Waals surface area contributed by atoms with Crippen LogP contribution >= 0.6 is 11.8 Å². The number of thioether (sulfide) groups is 1. The number of aliphatic hydroxyl groups excluding tert-OH is 1. The molecule has 1 aromatic rings. The second-order valence-corrected chi connectivity index (χ2v) is 7.74. The third-order valence-electron chi connectivity index (χ3n) is 3.39. The average Bonchev–Trinajstić information content (AvgIpc) is 2.90. The maximum Gasteiger partial charge on any atom is 0.240 e. The van der Waals surface area contributed by atoms with E-state index >= 15 is 0 Å². The van der Waals surface area contributed by atoms with Crippen LogP contribution in [0.3, 0.4) is 0 Å². The fourth-order valence-corrected chi connectivity index (χ4v) is 4.49. The van der Waals surface area contributed by atoms with Crippen molar-refractivity contribution in [3.05, 3.63) is 29.3 Å². The molecule has 1 aliphatic heterocycles. The van der Waals surface area contributed by atoms with Gasteiger partial charge in [-0.25, -0.2) is 13.1 Å². The average molecular weight is 301 g/mol. The number of nitrogens with one attached hydrogen (secondary N) is 1. The van der Waals surface area contributed by atoms with Crippen molar-refractivity contribution in [2.75, 3.05) is 18.1 Å². The first-order valence-corrected chi connectivity index (χ1v) is 8.94. The first kappa shape index (κ1) is 14.8. The van der Waals surface area contributed by atoms with Crippen LogP contribution in [0.15, 0.2) is 23.1 Å². The van der Waals surface area contributed by atoms with E-state index in [1.165, 1.54) is 0 Å². The molecule has 1 unspecified atom stereocenters. The zero-order valence-corrected chi connectivity index (χ0v) is 12.6. The molecule has 2 N–H and O–H groups in total. The molecule has 0 bridgehead atoms. The highest BCUT2D eigenvalue weighted by atomic mass is 32.2. The lowest BCUT2D eigenvalue weighted by atomic mass is 10.1. The van der Waals surface area contributed by atoms with Crippen LogP contribution in [0.5, 0.6) is 0 Å². The Kier molecular flexibility index (Phi) is 4.89. The molecule has 0 spiro atoms. The van der Waals surface area contributed by atoms with Crippen LogP contribution < -0.4 is 4.72 Å². The highest BCUT2D eigenvalue weighted by molar-refractivity contribution is 7.99. The Morgan fingerprint density at radius 1 is 1.47 bits per heavy atom. The van der Waals surface area contributed by atoms with Crippen molar-refractivity contribution in [1.82, 2.24) is 4.72 Å². The fourth-order valence-electron chi connectivity index (χ4n) is 2.04. The summed E-state index contributed by atoms with van der Waals surface area (Å²) in [7, 11) is -3.47. The molecular formula is C13H19NO3S2. The van der Waals surface area contributed by atoms with Gasteiger partial charge in [-0.05, 0) is 54.0 Å². The van der Waals surface area contributed by atoms with Gasteiger partial charge in [0.2, 0.25) is 10.0 Å². The Morgan fingerprint density at radius 2 is 2.26 bits per heavy atom. The Bertz CT molecular complexity index is 537. The third kappa shape index (κ3) is 3.72. The van der Waals surface area contributed by atoms with Crippen LogP contribution in [0.4, 0.5) is 0 Å². The molecule has 0 saturated carbocycles. The van der Waals surface area contributed by atoms with E-state index in [2.05, 4.69) is 4.72 Å². The number of aliphatic hydroxyl groups is 1. The van der Waals surface area contributed by atoms with Gasteiger partial charge in [0.05, 0.1) is 11.5 Å². The monoisotopic (exact) mass is 301 g/mol. The van der Waals surface area contributed by atoms with E-state index in [9.17, 15) is 13.5 Å². The molecule has 1 fully saturated rings. The van der Waals surface area contributed by atoms with E-state index in [4.69, 9.17) is 0 Å². The van der Waals surface area contributed by atoms with Gasteiger partial charge in [-0.2, -0.15) is 11.8 Å². The first-order valence-electron chi connectivity index (χ1n) is 6.31. The van der Waals surface area contributed by atoms with Gasteiger partial charge >= 0.3 is 0 Å². The van der Waals surface area contributed by atoms with Crippen LogP contribution in [-0.4, -0.2) is 31.6 Å². The molecule has 6 heteroatoms. The minimum Gasteiger partial charge on any atom is -0.392 e. The number of aryl methyl sites for hydroxylation is 1. The molecule has 1 aromatic carbocycles. The van der Waals surface area contributed by atoms with E-state index in [-0.39, 0.29) is 11.5 Å². The van der Waals surface area contributed by atoms with Crippen LogP contribution in [0, 0.1) is 12.8 Å². The van der Waals surface area contributed by atoms with Gasteiger partial charge in [0.15, 0.2) is 0 Å². The minimum absolute atomic E-state index is 0.144. The second kappa shape index (κ2) is 6.26. The molecule has 1 saturated heterocycles. The summed E-state index contributed by atoms with van der Waals surface area (Å²) >= 11 is 1.87. The fraction of sp³-hybridized carbons (Fsp3) is 0.538. The Morgan fingerprint density at radius 3 is 2.89 bits per heavy atom. The van der Waals surface area contributed by atoms with E-state index in [0.29, 0.717) is 18.0 Å². The first-order chi connectivity index (χ1) is 9.03. The predicted molar refractivity (Wildman–Crippen MR) is 77.7 cm³/mol. The number of hydrogen-bond acceptors (Lipinski definition) is 4. The van der Waals surface area contributed by atoms with Gasteiger partial charge in [0.1, 0.15) is 0 Å². The molecule has 1 atom stereocenters. The van der Waals surface area contributed by atoms with Crippen molar-refractivity contribution in [3.63, 3.8) is 0 Å². The summed E-state index contributed by atoms with van der Waals surface area (Å²) in [4.78, 5) is 0.229. The van der Waals surface area contributed by atoms with E-state index in [1.54, 1.807) is 18.2 Å². The van der Waals surface area contributed by atoms with E-state index < -0.39 is 10.0 Å². The zero-order chi connectivity index (χ0) is 13.9. The molecule has 0 aromatic heterocycles. The van der Waals surface area contributed by atoms with Gasteiger partial charge in [-0.15, -0.1) is 0 Å². The van der Waals surface area contributed by atoms with Crippen LogP contribution in [-0.2, 0) is 16.6 Å². The highest BCUT2D eigenvalue weighted by Gasteiger charge is 2.20. The summed E-state index contributed by atoms with van der Waals surface area (Å²) in [6.45, 7) is 2.21. The molecular weight excluding hydrogens is 282 g/mol. The summed E-state index contributed by atoms with van der Waals surface area (Å²) in [5, 5.41) is 9.19. The largest absolute Gasteiger partial charge is 0.392 e. The number of benzene rings is 1. The van der Waals surface area contributed by atoms with Gasteiger partial charge in [0, 0.05) is 6.54 Å². The van der Waals surface area contributed by atoms with Crippen LogP contribution in [0.2, 0.25) is 0 Å².